The molecule has 2 rings (SSSR count). The number of esters is 1. The lowest BCUT2D eigenvalue weighted by molar-refractivity contribution is -0.140. The van der Waals surface area contributed by atoms with Gasteiger partial charge in [-0.15, -0.1) is 0 Å². The molecule has 0 bridgehead atoms. The van der Waals surface area contributed by atoms with Gasteiger partial charge in [0.05, 0.1) is 33.2 Å². The third-order valence-electron chi connectivity index (χ3n) is 4.15. The Morgan fingerprint density at radius 2 is 1.89 bits per heavy atom. The zero-order chi connectivity index (χ0) is 20.8. The van der Waals surface area contributed by atoms with Gasteiger partial charge in [-0.2, -0.15) is 0 Å². The highest BCUT2D eigenvalue weighted by molar-refractivity contribution is 5.71. The van der Waals surface area contributed by atoms with Crippen molar-refractivity contribution in [2.24, 2.45) is 5.92 Å². The number of methoxy groups -OCH3 is 2. The van der Waals surface area contributed by atoms with Crippen LogP contribution >= 0.6 is 0 Å². The highest BCUT2D eigenvalue weighted by Crippen LogP contribution is 2.37. The number of carbonyl (C=O) groups excluding carboxylic acids is 1. The van der Waals surface area contributed by atoms with Crippen molar-refractivity contribution < 1.29 is 28.5 Å². The maximum atomic E-state index is 12.0. The molecule has 1 N–H and O–H groups in total. The number of rotatable bonds is 8. The summed E-state index contributed by atoms with van der Waals surface area (Å²) < 4.78 is 21.5. The fraction of sp³-hybridized carbons (Fsp3) is 0.429. The average Bonchev–Trinajstić information content (AvgIpc) is 2.67. The minimum Gasteiger partial charge on any atom is -0.502 e. The smallest absolute Gasteiger partial charge is 0.306 e. The second kappa shape index (κ2) is 9.30. The Morgan fingerprint density at radius 3 is 2.50 bits per heavy atom. The molecule has 1 aromatic carbocycles. The fourth-order valence-corrected chi connectivity index (χ4v) is 2.75. The molecule has 1 unspecified atom stereocenters. The topological polar surface area (TPSA) is 95.2 Å². The first-order valence-corrected chi connectivity index (χ1v) is 8.98. The van der Waals surface area contributed by atoms with Gasteiger partial charge >= 0.3 is 5.97 Å². The molecule has 0 saturated carbocycles. The first-order valence-electron chi connectivity index (χ1n) is 8.98. The van der Waals surface area contributed by atoms with Crippen LogP contribution in [0.1, 0.15) is 43.3 Å². The lowest BCUT2D eigenvalue weighted by Crippen LogP contribution is -2.14. The van der Waals surface area contributed by atoms with Crippen molar-refractivity contribution in [3.05, 3.63) is 51.6 Å². The van der Waals surface area contributed by atoms with Crippen molar-refractivity contribution in [1.29, 1.82) is 0 Å². The molecule has 0 saturated heterocycles. The van der Waals surface area contributed by atoms with Gasteiger partial charge in [0.25, 0.3) is 0 Å². The molecule has 0 spiro atoms. The van der Waals surface area contributed by atoms with E-state index >= 15 is 0 Å². The second-order valence-electron chi connectivity index (χ2n) is 6.88. The summed E-state index contributed by atoms with van der Waals surface area (Å²) in [7, 11) is 2.79. The molecule has 0 aliphatic carbocycles. The largest absolute Gasteiger partial charge is 0.502 e. The zero-order valence-electron chi connectivity index (χ0n) is 16.8. The Kier molecular flexibility index (Phi) is 7.09. The predicted molar refractivity (Wildman–Crippen MR) is 103 cm³/mol. The minimum atomic E-state index is -0.729. The molecule has 0 aliphatic rings. The quantitative estimate of drug-likeness (QED) is 0.690. The maximum absolute atomic E-state index is 12.0. The third-order valence-corrected chi connectivity index (χ3v) is 4.15. The van der Waals surface area contributed by atoms with E-state index in [0.717, 1.165) is 0 Å². The van der Waals surface area contributed by atoms with Crippen molar-refractivity contribution in [1.82, 2.24) is 0 Å². The summed E-state index contributed by atoms with van der Waals surface area (Å²) in [5.74, 6) is -0.0478. The van der Waals surface area contributed by atoms with Crippen molar-refractivity contribution in [3.63, 3.8) is 0 Å². The summed E-state index contributed by atoms with van der Waals surface area (Å²) in [5.41, 5.74) is 0.0423. The van der Waals surface area contributed by atoms with Crippen LogP contribution in [0.4, 0.5) is 0 Å². The van der Waals surface area contributed by atoms with Crippen LogP contribution in [0.3, 0.4) is 0 Å². The van der Waals surface area contributed by atoms with E-state index in [1.807, 2.05) is 13.8 Å². The number of ether oxygens (including phenoxy) is 3. The lowest BCUT2D eigenvalue weighted by Gasteiger charge is -2.19. The average molecular weight is 390 g/mol. The number of aromatic hydroxyl groups is 1. The summed E-state index contributed by atoms with van der Waals surface area (Å²) in [6.45, 7) is 6.20. The molecular formula is C21H26O7. The lowest BCUT2D eigenvalue weighted by atomic mass is 9.92. The number of benzene rings is 1. The highest BCUT2D eigenvalue weighted by Gasteiger charge is 2.27. The van der Waals surface area contributed by atoms with Crippen molar-refractivity contribution in [2.75, 3.05) is 20.8 Å². The van der Waals surface area contributed by atoms with Crippen LogP contribution in [0.25, 0.3) is 0 Å². The Balaban J connectivity index is 2.52. The van der Waals surface area contributed by atoms with Crippen LogP contribution in [-0.2, 0) is 9.53 Å². The fourth-order valence-electron chi connectivity index (χ4n) is 2.75. The van der Waals surface area contributed by atoms with E-state index in [9.17, 15) is 14.7 Å². The van der Waals surface area contributed by atoms with Gasteiger partial charge in [0, 0.05) is 6.07 Å². The second-order valence-corrected chi connectivity index (χ2v) is 6.88. The van der Waals surface area contributed by atoms with E-state index in [0.29, 0.717) is 35.3 Å². The predicted octanol–water partition coefficient (Wildman–Crippen LogP) is 3.39. The monoisotopic (exact) mass is 390 g/mol. The molecule has 1 aromatic heterocycles. The van der Waals surface area contributed by atoms with E-state index < -0.39 is 23.1 Å². The molecular weight excluding hydrogens is 364 g/mol. The van der Waals surface area contributed by atoms with Gasteiger partial charge in [0.1, 0.15) is 5.76 Å². The zero-order valence-corrected chi connectivity index (χ0v) is 16.8. The van der Waals surface area contributed by atoms with Gasteiger partial charge in [-0.3, -0.25) is 9.59 Å². The molecule has 1 atom stereocenters. The van der Waals surface area contributed by atoms with Gasteiger partial charge in [-0.05, 0) is 30.5 Å². The van der Waals surface area contributed by atoms with E-state index in [2.05, 4.69) is 0 Å². The normalized spacial score (nSPS) is 11.9. The van der Waals surface area contributed by atoms with Gasteiger partial charge in [0.2, 0.25) is 11.2 Å². The molecule has 7 nitrogen and oxygen atoms in total. The van der Waals surface area contributed by atoms with E-state index in [4.69, 9.17) is 18.6 Å². The number of hydrogen-bond acceptors (Lipinski definition) is 7. The van der Waals surface area contributed by atoms with Crippen LogP contribution in [-0.4, -0.2) is 31.9 Å². The van der Waals surface area contributed by atoms with Crippen LogP contribution in [0, 0.1) is 12.8 Å². The standard InChI is InChI=1S/C21H26O7/c1-12(2)11-27-17-7-6-14(9-18(17)25-4)15(10-19(23)26-5)21-20(24)16(22)8-13(3)28-21/h6-9,12,15,24H,10-11H2,1-5H3. The van der Waals surface area contributed by atoms with Gasteiger partial charge < -0.3 is 23.7 Å². The van der Waals surface area contributed by atoms with E-state index in [1.165, 1.54) is 20.3 Å². The summed E-state index contributed by atoms with van der Waals surface area (Å²) in [4.78, 5) is 24.0. The summed E-state index contributed by atoms with van der Waals surface area (Å²) in [5, 5.41) is 10.3. The summed E-state index contributed by atoms with van der Waals surface area (Å²) in [6.07, 6.45) is -0.119. The maximum Gasteiger partial charge on any atom is 0.306 e. The summed E-state index contributed by atoms with van der Waals surface area (Å²) >= 11 is 0. The highest BCUT2D eigenvalue weighted by atomic mass is 16.5. The Hall–Kier alpha value is -2.96. The number of hydrogen-bond donors (Lipinski definition) is 1. The van der Waals surface area contributed by atoms with Gasteiger partial charge in [-0.1, -0.05) is 19.9 Å². The molecule has 0 radical (unpaired) electrons. The van der Waals surface area contributed by atoms with Crippen LogP contribution in [0.5, 0.6) is 17.2 Å². The molecule has 0 aliphatic heterocycles. The first-order chi connectivity index (χ1) is 13.3. The molecule has 7 heteroatoms. The third kappa shape index (κ3) is 5.06. The van der Waals surface area contributed by atoms with Crippen molar-refractivity contribution in [2.45, 2.75) is 33.1 Å². The Morgan fingerprint density at radius 1 is 1.18 bits per heavy atom. The van der Waals surface area contributed by atoms with E-state index in [1.54, 1.807) is 25.1 Å². The number of aryl methyl sites for hydroxylation is 1. The van der Waals surface area contributed by atoms with E-state index in [-0.39, 0.29) is 12.2 Å². The molecule has 2 aromatic rings. The van der Waals surface area contributed by atoms with Crippen LogP contribution in [0.2, 0.25) is 0 Å². The molecule has 0 amide bonds. The molecule has 28 heavy (non-hydrogen) atoms. The summed E-state index contributed by atoms with van der Waals surface area (Å²) in [6, 6.07) is 6.36. The van der Waals surface area contributed by atoms with Crippen LogP contribution < -0.4 is 14.9 Å². The van der Waals surface area contributed by atoms with Crippen LogP contribution in [0.15, 0.2) is 33.5 Å². The van der Waals surface area contributed by atoms with Gasteiger partial charge in [-0.25, -0.2) is 0 Å². The Labute approximate surface area is 163 Å². The SMILES string of the molecule is COC(=O)CC(c1ccc(OCC(C)C)c(OC)c1)c1oc(C)cc(=O)c1O. The van der Waals surface area contributed by atoms with Gasteiger partial charge in [0.15, 0.2) is 17.3 Å². The van der Waals surface area contributed by atoms with Crippen molar-refractivity contribution in [3.8, 4) is 17.2 Å². The number of carbonyl (C=O) groups is 1. The molecule has 1 heterocycles. The Bertz CT molecular complexity index is 883. The minimum absolute atomic E-state index is 0.00769. The molecule has 152 valence electrons. The van der Waals surface area contributed by atoms with Crippen molar-refractivity contribution >= 4 is 5.97 Å². The molecule has 0 fully saturated rings. The first kappa shape index (κ1) is 21.3.